The van der Waals surface area contributed by atoms with Crippen molar-refractivity contribution in [1.29, 1.82) is 0 Å². The summed E-state index contributed by atoms with van der Waals surface area (Å²) >= 11 is 0. The van der Waals surface area contributed by atoms with E-state index in [1.807, 2.05) is 49.4 Å². The van der Waals surface area contributed by atoms with Crippen molar-refractivity contribution >= 4 is 22.0 Å². The van der Waals surface area contributed by atoms with Crippen LogP contribution in [0.1, 0.15) is 25.0 Å². The number of ether oxygens (including phenoxy) is 1. The quantitative estimate of drug-likeness (QED) is 0.583. The van der Waals surface area contributed by atoms with Crippen LogP contribution in [0.5, 0.6) is 5.75 Å². The first-order valence-corrected chi connectivity index (χ1v) is 11.0. The molecule has 6 nitrogen and oxygen atoms in total. The predicted molar refractivity (Wildman–Crippen MR) is 116 cm³/mol. The van der Waals surface area contributed by atoms with Gasteiger partial charge in [-0.2, -0.15) is 4.72 Å². The van der Waals surface area contributed by atoms with Crippen LogP contribution in [-0.2, 0) is 14.8 Å². The summed E-state index contributed by atoms with van der Waals surface area (Å²) in [7, 11) is -3.77. The van der Waals surface area contributed by atoms with Crippen LogP contribution in [0.25, 0.3) is 6.08 Å². The van der Waals surface area contributed by atoms with E-state index in [4.69, 9.17) is 4.74 Å². The zero-order chi connectivity index (χ0) is 21.3. The van der Waals surface area contributed by atoms with Crippen molar-refractivity contribution in [3.8, 4) is 5.75 Å². The van der Waals surface area contributed by atoms with Crippen LogP contribution in [0.3, 0.4) is 0 Å². The molecule has 1 atom stereocenters. The fraction of sp³-hybridized carbons (Fsp3) is 0.318. The lowest BCUT2D eigenvalue weighted by molar-refractivity contribution is -0.123. The van der Waals surface area contributed by atoms with Crippen molar-refractivity contribution in [2.24, 2.45) is 5.92 Å². The molecule has 2 aromatic carbocycles. The van der Waals surface area contributed by atoms with Gasteiger partial charge in [0.05, 0.1) is 6.54 Å². The molecular weight excluding hydrogens is 388 g/mol. The van der Waals surface area contributed by atoms with E-state index in [1.165, 1.54) is 6.08 Å². The van der Waals surface area contributed by atoms with Crippen molar-refractivity contribution in [2.45, 2.75) is 26.8 Å². The lowest BCUT2D eigenvalue weighted by atomic mass is 10.1. The van der Waals surface area contributed by atoms with Gasteiger partial charge in [0.1, 0.15) is 18.4 Å². The molecule has 0 aliphatic carbocycles. The highest BCUT2D eigenvalue weighted by Crippen LogP contribution is 2.12. The number of hydrogen-bond donors (Lipinski definition) is 2. The third kappa shape index (κ3) is 8.09. The molecule has 0 spiro atoms. The summed E-state index contributed by atoms with van der Waals surface area (Å²) in [5, 5.41) is 3.81. The van der Waals surface area contributed by atoms with E-state index < -0.39 is 16.1 Å². The van der Waals surface area contributed by atoms with E-state index in [2.05, 4.69) is 10.0 Å². The van der Waals surface area contributed by atoms with Gasteiger partial charge in [-0.05, 0) is 42.2 Å². The number of benzene rings is 2. The second-order valence-corrected chi connectivity index (χ2v) is 8.65. The molecule has 0 unspecified atom stereocenters. The van der Waals surface area contributed by atoms with Gasteiger partial charge >= 0.3 is 0 Å². The number of hydrogen-bond acceptors (Lipinski definition) is 4. The lowest BCUT2D eigenvalue weighted by Gasteiger charge is -2.20. The fourth-order valence-electron chi connectivity index (χ4n) is 2.60. The molecule has 7 heteroatoms. The first-order valence-electron chi connectivity index (χ1n) is 9.49. The highest BCUT2D eigenvalue weighted by molar-refractivity contribution is 7.92. The van der Waals surface area contributed by atoms with Crippen molar-refractivity contribution in [3.05, 3.63) is 71.1 Å². The Morgan fingerprint density at radius 1 is 1.10 bits per heavy atom. The van der Waals surface area contributed by atoms with Crippen LogP contribution in [-0.4, -0.2) is 33.5 Å². The van der Waals surface area contributed by atoms with Crippen LogP contribution in [0.4, 0.5) is 0 Å². The minimum Gasteiger partial charge on any atom is -0.492 e. The number of rotatable bonds is 10. The molecule has 0 saturated carbocycles. The predicted octanol–water partition coefficient (Wildman–Crippen LogP) is 3.10. The maximum absolute atomic E-state index is 12.5. The van der Waals surface area contributed by atoms with E-state index in [-0.39, 0.29) is 18.4 Å². The third-order valence-corrected chi connectivity index (χ3v) is 5.22. The first-order chi connectivity index (χ1) is 13.8. The van der Waals surface area contributed by atoms with E-state index in [1.54, 1.807) is 26.0 Å². The molecule has 1 amide bonds. The Labute approximate surface area is 173 Å². The molecule has 2 aromatic rings. The first kappa shape index (κ1) is 22.6. The second kappa shape index (κ2) is 10.8. The van der Waals surface area contributed by atoms with Gasteiger partial charge < -0.3 is 10.1 Å². The molecule has 0 fully saturated rings. The molecule has 2 rings (SSSR count). The summed E-state index contributed by atoms with van der Waals surface area (Å²) in [6.45, 7) is 6.12. The number of nitrogens with one attached hydrogen (secondary N) is 2. The van der Waals surface area contributed by atoms with Gasteiger partial charge in [0.2, 0.25) is 15.9 Å². The van der Waals surface area contributed by atoms with Crippen LogP contribution in [0.15, 0.2) is 60.0 Å². The zero-order valence-electron chi connectivity index (χ0n) is 17.0. The Hall–Kier alpha value is -2.64. The van der Waals surface area contributed by atoms with Gasteiger partial charge in [0, 0.05) is 5.41 Å². The third-order valence-electron chi connectivity index (χ3n) is 4.14. The Morgan fingerprint density at radius 2 is 1.83 bits per heavy atom. The SMILES string of the molecule is Cc1cccc(OCCNC(=O)[C@@H](NS(=O)(=O)/C=C/c2ccccc2)C(C)C)c1. The Morgan fingerprint density at radius 3 is 2.48 bits per heavy atom. The standard InChI is InChI=1S/C22H28N2O4S/c1-17(2)21(24-29(26,27)15-12-19-9-5-4-6-10-19)22(25)23-13-14-28-20-11-7-8-18(3)16-20/h4-12,15-17,21,24H,13-14H2,1-3H3,(H,23,25)/b15-12+/t21-/m0/s1. The Balaban J connectivity index is 1.88. The van der Waals surface area contributed by atoms with Crippen molar-refractivity contribution in [3.63, 3.8) is 0 Å². The van der Waals surface area contributed by atoms with Crippen LogP contribution in [0, 0.1) is 12.8 Å². The van der Waals surface area contributed by atoms with Gasteiger partial charge in [0.25, 0.3) is 0 Å². The van der Waals surface area contributed by atoms with Crippen LogP contribution in [0.2, 0.25) is 0 Å². The summed E-state index contributed by atoms with van der Waals surface area (Å²) in [6, 6.07) is 15.8. The molecule has 0 aliphatic rings. The average molecular weight is 417 g/mol. The monoisotopic (exact) mass is 416 g/mol. The van der Waals surface area contributed by atoms with Crippen molar-refractivity contribution < 1.29 is 17.9 Å². The van der Waals surface area contributed by atoms with E-state index in [0.717, 1.165) is 22.3 Å². The number of amides is 1. The molecule has 156 valence electrons. The zero-order valence-corrected chi connectivity index (χ0v) is 17.8. The fourth-order valence-corrected chi connectivity index (χ4v) is 3.75. The summed E-state index contributed by atoms with van der Waals surface area (Å²) in [4.78, 5) is 12.5. The average Bonchev–Trinajstić information content (AvgIpc) is 2.68. The molecule has 0 bridgehead atoms. The van der Waals surface area contributed by atoms with Crippen molar-refractivity contribution in [1.82, 2.24) is 10.0 Å². The molecule has 0 heterocycles. The van der Waals surface area contributed by atoms with Gasteiger partial charge in [-0.3, -0.25) is 4.79 Å². The minimum atomic E-state index is -3.77. The highest BCUT2D eigenvalue weighted by Gasteiger charge is 2.26. The van der Waals surface area contributed by atoms with E-state index >= 15 is 0 Å². The summed E-state index contributed by atoms with van der Waals surface area (Å²) < 4.78 is 32.8. The van der Waals surface area contributed by atoms with Crippen molar-refractivity contribution in [2.75, 3.05) is 13.2 Å². The van der Waals surface area contributed by atoms with Crippen LogP contribution < -0.4 is 14.8 Å². The van der Waals surface area contributed by atoms with E-state index in [9.17, 15) is 13.2 Å². The highest BCUT2D eigenvalue weighted by atomic mass is 32.2. The molecule has 0 saturated heterocycles. The molecule has 0 radical (unpaired) electrons. The maximum atomic E-state index is 12.5. The van der Waals surface area contributed by atoms with Gasteiger partial charge in [-0.25, -0.2) is 8.42 Å². The Bertz CT molecular complexity index is 925. The Kier molecular flexibility index (Phi) is 8.42. The van der Waals surface area contributed by atoms with Gasteiger partial charge in [0.15, 0.2) is 0 Å². The lowest BCUT2D eigenvalue weighted by Crippen LogP contribution is -2.49. The maximum Gasteiger partial charge on any atom is 0.238 e. The second-order valence-electron chi connectivity index (χ2n) is 7.05. The minimum absolute atomic E-state index is 0.215. The summed E-state index contributed by atoms with van der Waals surface area (Å²) in [5.41, 5.74) is 1.85. The number of sulfonamides is 1. The van der Waals surface area contributed by atoms with Crippen LogP contribution >= 0.6 is 0 Å². The smallest absolute Gasteiger partial charge is 0.238 e. The summed E-state index contributed by atoms with van der Waals surface area (Å²) in [6.07, 6.45) is 1.49. The van der Waals surface area contributed by atoms with Gasteiger partial charge in [-0.1, -0.05) is 56.3 Å². The molecule has 0 aliphatic heterocycles. The molecule has 29 heavy (non-hydrogen) atoms. The number of aryl methyl sites for hydroxylation is 1. The largest absolute Gasteiger partial charge is 0.492 e. The summed E-state index contributed by atoms with van der Waals surface area (Å²) in [5.74, 6) is 0.128. The topological polar surface area (TPSA) is 84.5 Å². The molecular formula is C22H28N2O4S. The number of carbonyl (C=O) groups excluding carboxylic acids is 1. The van der Waals surface area contributed by atoms with Gasteiger partial charge in [-0.15, -0.1) is 0 Å². The molecule has 0 aromatic heterocycles. The number of carbonyl (C=O) groups is 1. The normalized spacial score (nSPS) is 12.8. The molecule has 2 N–H and O–H groups in total. The van der Waals surface area contributed by atoms with E-state index in [0.29, 0.717) is 6.61 Å².